The van der Waals surface area contributed by atoms with Crippen LogP contribution in [-0.4, -0.2) is 6.04 Å². The smallest absolute Gasteiger partial charge is 0.0250 e. The van der Waals surface area contributed by atoms with E-state index in [1.165, 1.54) is 0 Å². The van der Waals surface area contributed by atoms with Crippen molar-refractivity contribution in [2.45, 2.75) is 25.3 Å². The van der Waals surface area contributed by atoms with Gasteiger partial charge in [-0.3, -0.25) is 5.73 Å². The van der Waals surface area contributed by atoms with Gasteiger partial charge in [-0.25, -0.2) is 0 Å². The monoisotopic (exact) mass is 96.1 g/mol. The first kappa shape index (κ1) is 4.85. The maximum atomic E-state index is 7.22. The van der Waals surface area contributed by atoms with Gasteiger partial charge in [0.25, 0.3) is 0 Å². The second kappa shape index (κ2) is 2.12. The number of hydrogen-bond acceptors (Lipinski definition) is 0. The molecule has 0 aromatic carbocycles. The van der Waals surface area contributed by atoms with Gasteiger partial charge in [0.1, 0.15) is 0 Å². The highest BCUT2D eigenvalue weighted by molar-refractivity contribution is 4.91. The van der Waals surface area contributed by atoms with E-state index in [0.29, 0.717) is 0 Å². The van der Waals surface area contributed by atoms with Crippen molar-refractivity contribution in [3.05, 3.63) is 12.2 Å². The number of hydrogen-bond donors (Lipinski definition) is 0. The fourth-order valence-corrected chi connectivity index (χ4v) is 0.794. The van der Waals surface area contributed by atoms with Gasteiger partial charge in [0, 0.05) is 6.04 Å². The minimum atomic E-state index is 0.199. The van der Waals surface area contributed by atoms with Crippen LogP contribution in [0.5, 0.6) is 0 Å². The largest absolute Gasteiger partial charge is 0.254 e. The molecule has 1 N–H and O–H groups in total. The van der Waals surface area contributed by atoms with Crippen molar-refractivity contribution in [1.82, 2.24) is 5.73 Å². The fraction of sp³-hybridized carbons (Fsp3) is 0.667. The first-order chi connectivity index (χ1) is 3.39. The SMILES string of the molecule is [NH]C1CC=CCC1. The van der Waals surface area contributed by atoms with Crippen molar-refractivity contribution in [1.29, 1.82) is 0 Å². The highest BCUT2D eigenvalue weighted by Crippen LogP contribution is 2.08. The Labute approximate surface area is 44.2 Å². The van der Waals surface area contributed by atoms with Gasteiger partial charge in [-0.15, -0.1) is 0 Å². The lowest BCUT2D eigenvalue weighted by Gasteiger charge is -2.08. The Kier molecular flexibility index (Phi) is 1.47. The maximum Gasteiger partial charge on any atom is 0.0250 e. The van der Waals surface area contributed by atoms with E-state index >= 15 is 0 Å². The third kappa shape index (κ3) is 1.32. The minimum absolute atomic E-state index is 0.199. The fourth-order valence-electron chi connectivity index (χ4n) is 0.794. The molecule has 0 amide bonds. The Morgan fingerprint density at radius 1 is 1.43 bits per heavy atom. The summed E-state index contributed by atoms with van der Waals surface area (Å²) in [6.45, 7) is 0. The van der Waals surface area contributed by atoms with Gasteiger partial charge >= 0.3 is 0 Å². The van der Waals surface area contributed by atoms with Crippen LogP contribution in [0.4, 0.5) is 0 Å². The van der Waals surface area contributed by atoms with E-state index < -0.39 is 0 Å². The topological polar surface area (TPSA) is 23.8 Å². The molecule has 0 aliphatic heterocycles. The zero-order chi connectivity index (χ0) is 5.11. The second-order valence-corrected chi connectivity index (χ2v) is 1.98. The minimum Gasteiger partial charge on any atom is -0.254 e. The Hall–Kier alpha value is -0.300. The maximum absolute atomic E-state index is 7.22. The summed E-state index contributed by atoms with van der Waals surface area (Å²) in [4.78, 5) is 0. The number of nitrogens with one attached hydrogen (secondary N) is 1. The Morgan fingerprint density at radius 3 is 2.57 bits per heavy atom. The van der Waals surface area contributed by atoms with Crippen LogP contribution in [0.25, 0.3) is 0 Å². The van der Waals surface area contributed by atoms with Crippen LogP contribution in [0, 0.1) is 0 Å². The second-order valence-electron chi connectivity index (χ2n) is 1.98. The molecule has 39 valence electrons. The van der Waals surface area contributed by atoms with Crippen molar-refractivity contribution in [2.24, 2.45) is 0 Å². The zero-order valence-corrected chi connectivity index (χ0v) is 4.35. The van der Waals surface area contributed by atoms with Crippen LogP contribution in [0.1, 0.15) is 19.3 Å². The van der Waals surface area contributed by atoms with E-state index in [0.717, 1.165) is 19.3 Å². The van der Waals surface area contributed by atoms with Gasteiger partial charge in [0.05, 0.1) is 0 Å². The van der Waals surface area contributed by atoms with Crippen molar-refractivity contribution < 1.29 is 0 Å². The molecular formula is C6H10N. The van der Waals surface area contributed by atoms with Crippen LogP contribution in [0.15, 0.2) is 12.2 Å². The first-order valence-electron chi connectivity index (χ1n) is 2.76. The van der Waals surface area contributed by atoms with E-state index in [9.17, 15) is 0 Å². The predicted octanol–water partition coefficient (Wildman–Crippen LogP) is 1.38. The molecule has 1 nitrogen and oxygen atoms in total. The lowest BCUT2D eigenvalue weighted by Crippen LogP contribution is -2.08. The standard InChI is InChI=1S/C6H10N/c7-6-4-2-1-3-5-6/h1-2,6-7H,3-5H2. The van der Waals surface area contributed by atoms with Crippen molar-refractivity contribution in [2.75, 3.05) is 0 Å². The third-order valence-electron chi connectivity index (χ3n) is 1.27. The van der Waals surface area contributed by atoms with Gasteiger partial charge in [0.2, 0.25) is 0 Å². The highest BCUT2D eigenvalue weighted by atomic mass is 14.6. The molecule has 0 fully saturated rings. The number of allylic oxidation sites excluding steroid dienone is 1. The van der Waals surface area contributed by atoms with Gasteiger partial charge in [0.15, 0.2) is 0 Å². The highest BCUT2D eigenvalue weighted by Gasteiger charge is 2.01. The average molecular weight is 96.2 g/mol. The molecule has 1 aliphatic rings. The molecule has 1 unspecified atom stereocenters. The summed E-state index contributed by atoms with van der Waals surface area (Å²) >= 11 is 0. The molecule has 1 aliphatic carbocycles. The molecule has 1 rings (SSSR count). The zero-order valence-electron chi connectivity index (χ0n) is 4.35. The number of rotatable bonds is 0. The summed E-state index contributed by atoms with van der Waals surface area (Å²) in [6, 6.07) is 0.199. The average Bonchev–Trinajstić information content (AvgIpc) is 1.69. The van der Waals surface area contributed by atoms with Crippen LogP contribution < -0.4 is 5.73 Å². The summed E-state index contributed by atoms with van der Waals surface area (Å²) in [5.74, 6) is 0. The van der Waals surface area contributed by atoms with Crippen molar-refractivity contribution >= 4 is 0 Å². The molecular weight excluding hydrogens is 86.1 g/mol. The van der Waals surface area contributed by atoms with Crippen LogP contribution >= 0.6 is 0 Å². The molecule has 0 bridgehead atoms. The van der Waals surface area contributed by atoms with Gasteiger partial charge in [-0.2, -0.15) is 0 Å². The van der Waals surface area contributed by atoms with Gasteiger partial charge in [-0.1, -0.05) is 12.2 Å². The predicted molar refractivity (Wildman–Crippen MR) is 29.9 cm³/mol. The van der Waals surface area contributed by atoms with E-state index in [-0.39, 0.29) is 6.04 Å². The molecule has 0 saturated heterocycles. The molecule has 0 aromatic heterocycles. The van der Waals surface area contributed by atoms with Crippen molar-refractivity contribution in [3.63, 3.8) is 0 Å². The molecule has 1 radical (unpaired) electrons. The molecule has 0 aromatic rings. The molecule has 1 heteroatoms. The summed E-state index contributed by atoms with van der Waals surface area (Å²) in [5.41, 5.74) is 7.22. The molecule has 1 atom stereocenters. The molecule has 7 heavy (non-hydrogen) atoms. The lowest BCUT2D eigenvalue weighted by atomic mass is 10.0. The quantitative estimate of drug-likeness (QED) is 0.407. The molecule has 0 heterocycles. The normalized spacial score (nSPS) is 30.7. The summed E-state index contributed by atoms with van der Waals surface area (Å²) < 4.78 is 0. The van der Waals surface area contributed by atoms with Crippen LogP contribution in [-0.2, 0) is 0 Å². The summed E-state index contributed by atoms with van der Waals surface area (Å²) in [5, 5.41) is 0. The lowest BCUT2D eigenvalue weighted by molar-refractivity contribution is 0.590. The van der Waals surface area contributed by atoms with Crippen molar-refractivity contribution in [3.8, 4) is 0 Å². The Morgan fingerprint density at radius 2 is 2.29 bits per heavy atom. The van der Waals surface area contributed by atoms with E-state index in [1.54, 1.807) is 0 Å². The first-order valence-corrected chi connectivity index (χ1v) is 2.76. The van der Waals surface area contributed by atoms with E-state index in [1.807, 2.05) is 0 Å². The summed E-state index contributed by atoms with van der Waals surface area (Å²) in [7, 11) is 0. The van der Waals surface area contributed by atoms with E-state index in [2.05, 4.69) is 12.2 Å². The van der Waals surface area contributed by atoms with Crippen LogP contribution in [0.2, 0.25) is 0 Å². The Bertz CT molecular complexity index is 76.2. The molecule has 0 saturated carbocycles. The molecule has 0 spiro atoms. The van der Waals surface area contributed by atoms with Gasteiger partial charge in [-0.05, 0) is 19.3 Å². The van der Waals surface area contributed by atoms with Crippen LogP contribution in [0.3, 0.4) is 0 Å². The summed E-state index contributed by atoms with van der Waals surface area (Å²) in [6.07, 6.45) is 7.41. The Balaban J connectivity index is 2.32. The van der Waals surface area contributed by atoms with Gasteiger partial charge < -0.3 is 0 Å². The third-order valence-corrected chi connectivity index (χ3v) is 1.27. The van der Waals surface area contributed by atoms with E-state index in [4.69, 9.17) is 5.73 Å².